The molecule has 190 valence electrons. The van der Waals surface area contributed by atoms with Crippen LogP contribution in [0, 0.1) is 0 Å². The van der Waals surface area contributed by atoms with Crippen LogP contribution in [0.2, 0.25) is 0 Å². The third-order valence-corrected chi connectivity index (χ3v) is 6.01. The summed E-state index contributed by atoms with van der Waals surface area (Å²) >= 11 is 0. The smallest absolute Gasteiger partial charge is 0.254 e. The van der Waals surface area contributed by atoms with Crippen molar-refractivity contribution >= 4 is 11.7 Å². The number of anilines is 1. The highest BCUT2D eigenvalue weighted by Gasteiger charge is 2.24. The first-order valence-corrected chi connectivity index (χ1v) is 12.1. The predicted molar refractivity (Wildman–Crippen MR) is 137 cm³/mol. The number of rotatable bonds is 9. The number of amides is 1. The van der Waals surface area contributed by atoms with Gasteiger partial charge in [-0.25, -0.2) is 0 Å². The summed E-state index contributed by atoms with van der Waals surface area (Å²) in [4.78, 5) is 17.1. The van der Waals surface area contributed by atoms with Gasteiger partial charge in [0, 0.05) is 37.3 Å². The maximum Gasteiger partial charge on any atom is 0.254 e. The molecule has 9 heteroatoms. The summed E-state index contributed by atoms with van der Waals surface area (Å²) in [6.45, 7) is 7.36. The third-order valence-electron chi connectivity index (χ3n) is 6.01. The van der Waals surface area contributed by atoms with Gasteiger partial charge >= 0.3 is 0 Å². The Morgan fingerprint density at radius 3 is 2.17 bits per heavy atom. The molecular weight excluding hydrogens is 460 g/mol. The van der Waals surface area contributed by atoms with E-state index in [1.807, 2.05) is 49.1 Å². The fourth-order valence-electron chi connectivity index (χ4n) is 4.16. The molecule has 0 atom stereocenters. The lowest BCUT2D eigenvalue weighted by molar-refractivity contribution is 0.0746. The number of benzene rings is 2. The van der Waals surface area contributed by atoms with Crippen LogP contribution in [0.1, 0.15) is 24.2 Å². The molecule has 2 heterocycles. The Morgan fingerprint density at radius 2 is 1.53 bits per heavy atom. The number of carbonyl (C=O) groups is 1. The first-order chi connectivity index (χ1) is 17.6. The number of piperazine rings is 1. The quantitative estimate of drug-likeness (QED) is 0.444. The topological polar surface area (TPSA) is 86.3 Å². The van der Waals surface area contributed by atoms with Gasteiger partial charge < -0.3 is 28.7 Å². The van der Waals surface area contributed by atoms with Crippen molar-refractivity contribution in [2.45, 2.75) is 13.8 Å². The van der Waals surface area contributed by atoms with Gasteiger partial charge in [0.15, 0.2) is 17.3 Å². The molecular formula is C27H32N4O5. The Kier molecular flexibility index (Phi) is 8.10. The molecule has 0 radical (unpaired) electrons. The van der Waals surface area contributed by atoms with Crippen molar-refractivity contribution in [2.24, 2.45) is 0 Å². The second kappa shape index (κ2) is 11.6. The summed E-state index contributed by atoms with van der Waals surface area (Å²) in [6, 6.07) is 14.8. The summed E-state index contributed by atoms with van der Waals surface area (Å²) < 4.78 is 22.1. The van der Waals surface area contributed by atoms with E-state index in [2.05, 4.69) is 15.1 Å². The highest BCUT2D eigenvalue weighted by Crippen LogP contribution is 2.33. The fraction of sp³-hybridized carbons (Fsp3) is 0.370. The number of methoxy groups -OCH3 is 2. The normalized spacial score (nSPS) is 13.3. The number of hydrogen-bond donors (Lipinski definition) is 0. The molecule has 2 aromatic carbocycles. The van der Waals surface area contributed by atoms with Gasteiger partial charge in [-0.05, 0) is 62.4 Å². The Hall–Kier alpha value is -4.01. The van der Waals surface area contributed by atoms with Crippen LogP contribution in [0.5, 0.6) is 23.0 Å². The second-order valence-electron chi connectivity index (χ2n) is 8.15. The Morgan fingerprint density at radius 1 is 0.806 bits per heavy atom. The Labute approximate surface area is 211 Å². The van der Waals surface area contributed by atoms with Crippen molar-refractivity contribution in [3.8, 4) is 34.3 Å². The largest absolute Gasteiger partial charge is 0.497 e. The van der Waals surface area contributed by atoms with Crippen LogP contribution in [0.3, 0.4) is 0 Å². The molecule has 4 rings (SSSR count). The molecule has 1 amide bonds. The maximum atomic E-state index is 13.1. The average molecular weight is 493 g/mol. The van der Waals surface area contributed by atoms with E-state index in [4.69, 9.17) is 18.9 Å². The van der Waals surface area contributed by atoms with Gasteiger partial charge in [-0.1, -0.05) is 0 Å². The monoisotopic (exact) mass is 492 g/mol. The van der Waals surface area contributed by atoms with Crippen molar-refractivity contribution in [3.05, 3.63) is 54.1 Å². The van der Waals surface area contributed by atoms with Gasteiger partial charge in [-0.2, -0.15) is 0 Å². The lowest BCUT2D eigenvalue weighted by atomic mass is 10.1. The summed E-state index contributed by atoms with van der Waals surface area (Å²) in [5.74, 6) is 3.41. The SMILES string of the molecule is CCOc1ccc(C(=O)N2CCN(c3ccc(-c4cc(OC)ccc4OC)nn3)CC2)cc1OCC. The molecule has 36 heavy (non-hydrogen) atoms. The van der Waals surface area contributed by atoms with E-state index < -0.39 is 0 Å². The first-order valence-electron chi connectivity index (χ1n) is 12.1. The summed E-state index contributed by atoms with van der Waals surface area (Å²) in [6.07, 6.45) is 0. The molecule has 1 aromatic heterocycles. The van der Waals surface area contributed by atoms with Crippen LogP contribution in [0.4, 0.5) is 5.82 Å². The lowest BCUT2D eigenvalue weighted by Gasteiger charge is -2.35. The summed E-state index contributed by atoms with van der Waals surface area (Å²) in [5, 5.41) is 8.87. The Bertz CT molecular complexity index is 1180. The molecule has 1 saturated heterocycles. The average Bonchev–Trinajstić information content (AvgIpc) is 2.93. The van der Waals surface area contributed by atoms with Crippen LogP contribution in [0.25, 0.3) is 11.3 Å². The van der Waals surface area contributed by atoms with Gasteiger partial charge in [-0.3, -0.25) is 4.79 Å². The third kappa shape index (κ3) is 5.45. The highest BCUT2D eigenvalue weighted by atomic mass is 16.5. The number of carbonyl (C=O) groups excluding carboxylic acids is 1. The van der Waals surface area contributed by atoms with Gasteiger partial charge in [-0.15, -0.1) is 10.2 Å². The molecule has 0 spiro atoms. The van der Waals surface area contributed by atoms with E-state index >= 15 is 0 Å². The molecule has 9 nitrogen and oxygen atoms in total. The molecule has 1 aliphatic rings. The zero-order valence-electron chi connectivity index (χ0n) is 21.2. The van der Waals surface area contributed by atoms with E-state index in [9.17, 15) is 4.79 Å². The number of nitrogens with zero attached hydrogens (tertiary/aromatic N) is 4. The fourth-order valence-corrected chi connectivity index (χ4v) is 4.16. The summed E-state index contributed by atoms with van der Waals surface area (Å²) in [5.41, 5.74) is 2.10. The molecule has 0 bridgehead atoms. The highest BCUT2D eigenvalue weighted by molar-refractivity contribution is 5.95. The number of hydrogen-bond acceptors (Lipinski definition) is 8. The van der Waals surface area contributed by atoms with Crippen LogP contribution < -0.4 is 23.8 Å². The van der Waals surface area contributed by atoms with E-state index in [1.165, 1.54) is 0 Å². The van der Waals surface area contributed by atoms with Crippen molar-refractivity contribution < 1.29 is 23.7 Å². The zero-order chi connectivity index (χ0) is 25.5. The number of ether oxygens (including phenoxy) is 4. The maximum absolute atomic E-state index is 13.1. The van der Waals surface area contributed by atoms with E-state index in [-0.39, 0.29) is 5.91 Å². The van der Waals surface area contributed by atoms with E-state index in [0.29, 0.717) is 67.9 Å². The molecule has 0 unspecified atom stereocenters. The van der Waals surface area contributed by atoms with Crippen LogP contribution in [0.15, 0.2) is 48.5 Å². The first kappa shape index (κ1) is 25.1. The molecule has 1 aliphatic heterocycles. The van der Waals surface area contributed by atoms with E-state index in [0.717, 1.165) is 17.1 Å². The van der Waals surface area contributed by atoms with Crippen molar-refractivity contribution in [1.29, 1.82) is 0 Å². The molecule has 0 N–H and O–H groups in total. The summed E-state index contributed by atoms with van der Waals surface area (Å²) in [7, 11) is 3.25. The Balaban J connectivity index is 1.42. The zero-order valence-corrected chi connectivity index (χ0v) is 21.2. The molecule has 0 aliphatic carbocycles. The van der Waals surface area contributed by atoms with Crippen LogP contribution in [-0.2, 0) is 0 Å². The molecule has 0 saturated carbocycles. The van der Waals surface area contributed by atoms with E-state index in [1.54, 1.807) is 32.4 Å². The second-order valence-corrected chi connectivity index (χ2v) is 8.15. The molecule has 1 fully saturated rings. The van der Waals surface area contributed by atoms with Crippen molar-refractivity contribution in [2.75, 3.05) is 58.5 Å². The minimum atomic E-state index is -0.0230. The minimum absolute atomic E-state index is 0.0230. The van der Waals surface area contributed by atoms with Gasteiger partial charge in [0.05, 0.1) is 33.1 Å². The van der Waals surface area contributed by atoms with Crippen molar-refractivity contribution in [1.82, 2.24) is 15.1 Å². The van der Waals surface area contributed by atoms with Crippen LogP contribution >= 0.6 is 0 Å². The lowest BCUT2D eigenvalue weighted by Crippen LogP contribution is -2.49. The van der Waals surface area contributed by atoms with Gasteiger partial charge in [0.1, 0.15) is 11.5 Å². The van der Waals surface area contributed by atoms with Gasteiger partial charge in [0.2, 0.25) is 0 Å². The van der Waals surface area contributed by atoms with Crippen LogP contribution in [-0.4, -0.2) is 74.6 Å². The van der Waals surface area contributed by atoms with Gasteiger partial charge in [0.25, 0.3) is 5.91 Å². The number of aromatic nitrogens is 2. The molecule has 3 aromatic rings. The van der Waals surface area contributed by atoms with Crippen molar-refractivity contribution in [3.63, 3.8) is 0 Å². The standard InChI is InChI=1S/C27H32N4O5/c1-5-35-24-10-7-19(17-25(24)36-6-2)27(32)31-15-13-30(14-16-31)26-12-9-22(28-29-26)21-18-20(33-3)8-11-23(21)34-4/h7-12,17-18H,5-6,13-16H2,1-4H3. The minimum Gasteiger partial charge on any atom is -0.497 e. The predicted octanol–water partition coefficient (Wildman–Crippen LogP) is 3.92.